The summed E-state index contributed by atoms with van der Waals surface area (Å²) in [6.07, 6.45) is 1.59. The number of anilines is 1. The molecule has 0 aromatic heterocycles. The van der Waals surface area contributed by atoms with Crippen LogP contribution in [-0.2, 0) is 4.79 Å². The predicted octanol–water partition coefficient (Wildman–Crippen LogP) is 1.19. The lowest BCUT2D eigenvalue weighted by molar-refractivity contribution is -0.112. The fourth-order valence-electron chi connectivity index (χ4n) is 1.05. The molecule has 1 aliphatic rings. The lowest BCUT2D eigenvalue weighted by Gasteiger charge is -1.92. The molecule has 1 amide bonds. The Kier molecular flexibility index (Phi) is 1.01. The lowest BCUT2D eigenvalue weighted by Crippen LogP contribution is -2.01. The van der Waals surface area contributed by atoms with Crippen molar-refractivity contribution in [3.05, 3.63) is 36.2 Å². The Balaban J connectivity index is 2.51. The molecule has 1 heterocycles. The smallest absolute Gasteiger partial charge is 0.233 e. The zero-order valence-corrected chi connectivity index (χ0v) is 5.29. The molecule has 1 aromatic rings. The molecular formula is C8H6NO. The number of hydrogen-bond acceptors (Lipinski definition) is 1. The Bertz CT molecular complexity index is 253. The SMILES string of the molecule is O=C1[CH]c2ccccc2N1. The van der Waals surface area contributed by atoms with Gasteiger partial charge < -0.3 is 5.32 Å². The van der Waals surface area contributed by atoms with Crippen LogP contribution < -0.4 is 5.32 Å². The fraction of sp³-hybridized carbons (Fsp3) is 0. The van der Waals surface area contributed by atoms with E-state index in [1.54, 1.807) is 6.42 Å². The molecule has 0 saturated heterocycles. The molecule has 0 spiro atoms. The van der Waals surface area contributed by atoms with Gasteiger partial charge in [0.25, 0.3) is 0 Å². The molecule has 2 nitrogen and oxygen atoms in total. The number of carbonyl (C=O) groups excluding carboxylic acids is 1. The maximum absolute atomic E-state index is 10.7. The third kappa shape index (κ3) is 0.692. The van der Waals surface area contributed by atoms with Crippen molar-refractivity contribution in [2.24, 2.45) is 0 Å². The minimum Gasteiger partial charge on any atom is -0.325 e. The lowest BCUT2D eigenvalue weighted by atomic mass is 10.2. The first-order chi connectivity index (χ1) is 4.86. The van der Waals surface area contributed by atoms with Crippen LogP contribution in [0.3, 0.4) is 0 Å². The van der Waals surface area contributed by atoms with Gasteiger partial charge in [-0.2, -0.15) is 0 Å². The standard InChI is InChI=1S/C8H6NO/c10-8-5-6-3-1-2-4-7(6)9-8/h1-5H,(H,9,10). The maximum Gasteiger partial charge on any atom is 0.233 e. The first-order valence-corrected chi connectivity index (χ1v) is 3.11. The van der Waals surface area contributed by atoms with Crippen molar-refractivity contribution < 1.29 is 4.79 Å². The molecule has 0 unspecified atom stereocenters. The number of nitrogens with one attached hydrogen (secondary N) is 1. The van der Waals surface area contributed by atoms with E-state index in [9.17, 15) is 4.79 Å². The van der Waals surface area contributed by atoms with E-state index in [4.69, 9.17) is 0 Å². The van der Waals surface area contributed by atoms with Gasteiger partial charge in [-0.15, -0.1) is 0 Å². The highest BCUT2D eigenvalue weighted by Crippen LogP contribution is 2.22. The zero-order valence-electron chi connectivity index (χ0n) is 5.29. The average molecular weight is 132 g/mol. The highest BCUT2D eigenvalue weighted by atomic mass is 16.1. The second kappa shape index (κ2) is 1.84. The highest BCUT2D eigenvalue weighted by Gasteiger charge is 2.15. The second-order valence-corrected chi connectivity index (χ2v) is 2.22. The van der Waals surface area contributed by atoms with Crippen LogP contribution in [0.1, 0.15) is 5.56 Å². The summed E-state index contributed by atoms with van der Waals surface area (Å²) in [4.78, 5) is 10.7. The third-order valence-electron chi connectivity index (χ3n) is 1.51. The van der Waals surface area contributed by atoms with Crippen molar-refractivity contribution in [2.45, 2.75) is 0 Å². The fourth-order valence-corrected chi connectivity index (χ4v) is 1.05. The number of hydrogen-bond donors (Lipinski definition) is 1. The monoisotopic (exact) mass is 132 g/mol. The maximum atomic E-state index is 10.7. The van der Waals surface area contributed by atoms with Crippen molar-refractivity contribution in [2.75, 3.05) is 5.32 Å². The van der Waals surface area contributed by atoms with Gasteiger partial charge in [-0.25, -0.2) is 0 Å². The molecule has 0 bridgehead atoms. The van der Waals surface area contributed by atoms with Gasteiger partial charge in [0.2, 0.25) is 5.91 Å². The Morgan fingerprint density at radius 3 is 2.80 bits per heavy atom. The van der Waals surface area contributed by atoms with Crippen molar-refractivity contribution >= 4 is 11.6 Å². The number of amides is 1. The minimum absolute atomic E-state index is 0.0267. The number of benzene rings is 1. The molecule has 0 aliphatic carbocycles. The number of rotatable bonds is 0. The molecule has 2 heteroatoms. The van der Waals surface area contributed by atoms with E-state index in [0.717, 1.165) is 11.3 Å². The highest BCUT2D eigenvalue weighted by molar-refractivity contribution is 6.06. The van der Waals surface area contributed by atoms with Crippen LogP contribution in [0, 0.1) is 6.42 Å². The van der Waals surface area contributed by atoms with Crippen LogP contribution in [-0.4, -0.2) is 5.91 Å². The number of carbonyl (C=O) groups is 1. The van der Waals surface area contributed by atoms with E-state index in [0.29, 0.717) is 0 Å². The van der Waals surface area contributed by atoms with Crippen molar-refractivity contribution in [1.82, 2.24) is 0 Å². The van der Waals surface area contributed by atoms with Crippen molar-refractivity contribution in [3.8, 4) is 0 Å². The van der Waals surface area contributed by atoms with Crippen molar-refractivity contribution in [1.29, 1.82) is 0 Å². The van der Waals surface area contributed by atoms with Crippen LogP contribution in [0.25, 0.3) is 0 Å². The topological polar surface area (TPSA) is 29.1 Å². The first kappa shape index (κ1) is 5.47. The van der Waals surface area contributed by atoms with E-state index >= 15 is 0 Å². The average Bonchev–Trinajstić information content (AvgIpc) is 2.27. The first-order valence-electron chi connectivity index (χ1n) is 3.11. The molecule has 0 fully saturated rings. The van der Waals surface area contributed by atoms with Gasteiger partial charge >= 0.3 is 0 Å². The Morgan fingerprint density at radius 1 is 1.20 bits per heavy atom. The van der Waals surface area contributed by atoms with Gasteiger partial charge in [-0.1, -0.05) is 18.2 Å². The summed E-state index contributed by atoms with van der Waals surface area (Å²) in [5.41, 5.74) is 1.89. The van der Waals surface area contributed by atoms with Crippen molar-refractivity contribution in [3.63, 3.8) is 0 Å². The largest absolute Gasteiger partial charge is 0.325 e. The number of para-hydroxylation sites is 1. The predicted molar refractivity (Wildman–Crippen MR) is 38.5 cm³/mol. The molecule has 49 valence electrons. The van der Waals surface area contributed by atoms with Gasteiger partial charge in [0.1, 0.15) is 0 Å². The summed E-state index contributed by atoms with van der Waals surface area (Å²) >= 11 is 0. The minimum atomic E-state index is -0.0267. The summed E-state index contributed by atoms with van der Waals surface area (Å²) in [7, 11) is 0. The third-order valence-corrected chi connectivity index (χ3v) is 1.51. The normalized spacial score (nSPS) is 14.6. The Hall–Kier alpha value is -1.31. The van der Waals surface area contributed by atoms with Crippen LogP contribution >= 0.6 is 0 Å². The van der Waals surface area contributed by atoms with Crippen LogP contribution in [0.2, 0.25) is 0 Å². The van der Waals surface area contributed by atoms with E-state index in [1.807, 2.05) is 24.3 Å². The summed E-state index contributed by atoms with van der Waals surface area (Å²) in [5.74, 6) is -0.0267. The van der Waals surface area contributed by atoms with Gasteiger partial charge in [0.15, 0.2) is 0 Å². The quantitative estimate of drug-likeness (QED) is 0.564. The van der Waals surface area contributed by atoms with E-state index in [-0.39, 0.29) is 5.91 Å². The van der Waals surface area contributed by atoms with Gasteiger partial charge in [-0.3, -0.25) is 4.79 Å². The molecule has 10 heavy (non-hydrogen) atoms. The summed E-state index contributed by atoms with van der Waals surface area (Å²) in [6, 6.07) is 7.61. The van der Waals surface area contributed by atoms with Gasteiger partial charge in [0, 0.05) is 5.69 Å². The summed E-state index contributed by atoms with van der Waals surface area (Å²) < 4.78 is 0. The van der Waals surface area contributed by atoms with Crippen LogP contribution in [0.4, 0.5) is 5.69 Å². The Labute approximate surface area is 58.9 Å². The van der Waals surface area contributed by atoms with E-state index in [1.165, 1.54) is 0 Å². The summed E-state index contributed by atoms with van der Waals surface area (Å²) in [6.45, 7) is 0. The molecular weight excluding hydrogens is 126 g/mol. The molecule has 1 aliphatic heterocycles. The Morgan fingerprint density at radius 2 is 2.00 bits per heavy atom. The zero-order chi connectivity index (χ0) is 6.97. The molecule has 0 saturated carbocycles. The molecule has 1 radical (unpaired) electrons. The molecule has 1 N–H and O–H groups in total. The molecule has 1 aromatic carbocycles. The second-order valence-electron chi connectivity index (χ2n) is 2.22. The van der Waals surface area contributed by atoms with Gasteiger partial charge in [0.05, 0.1) is 6.42 Å². The number of fused-ring (bicyclic) bond motifs is 1. The molecule has 2 rings (SSSR count). The van der Waals surface area contributed by atoms with Crippen LogP contribution in [0.5, 0.6) is 0 Å². The van der Waals surface area contributed by atoms with E-state index < -0.39 is 0 Å². The summed E-state index contributed by atoms with van der Waals surface area (Å²) in [5, 5.41) is 2.70. The van der Waals surface area contributed by atoms with Gasteiger partial charge in [-0.05, 0) is 11.6 Å². The molecule has 0 atom stereocenters. The van der Waals surface area contributed by atoms with E-state index in [2.05, 4.69) is 5.32 Å². The van der Waals surface area contributed by atoms with Crippen LogP contribution in [0.15, 0.2) is 24.3 Å².